The van der Waals surface area contributed by atoms with Gasteiger partial charge in [-0.3, -0.25) is 9.59 Å². The number of carbonyl (C=O) groups excluding carboxylic acids is 1. The number of hydrogen-bond acceptors (Lipinski definition) is 3. The van der Waals surface area contributed by atoms with E-state index < -0.39 is 18.3 Å². The summed E-state index contributed by atoms with van der Waals surface area (Å²) in [6.07, 6.45) is -0.557. The van der Waals surface area contributed by atoms with Gasteiger partial charge in [0.25, 0.3) is 0 Å². The monoisotopic (exact) mass is 284 g/mol. The number of nitrogens with one attached hydrogen (secondary N) is 2. The fourth-order valence-electron chi connectivity index (χ4n) is 1.88. The Hall–Kier alpha value is -2.82. The second-order valence-electron chi connectivity index (χ2n) is 4.66. The molecular formula is C16H16N2O3. The molecule has 0 saturated heterocycles. The molecule has 3 N–H and O–H groups in total. The first-order valence-corrected chi connectivity index (χ1v) is 6.49. The lowest BCUT2D eigenvalue weighted by Crippen LogP contribution is -2.16. The highest BCUT2D eigenvalue weighted by atomic mass is 16.4. The Morgan fingerprint density at radius 3 is 2.43 bits per heavy atom. The van der Waals surface area contributed by atoms with Crippen LogP contribution in [0.15, 0.2) is 48.5 Å². The second-order valence-corrected chi connectivity index (χ2v) is 4.66. The van der Waals surface area contributed by atoms with Crippen LogP contribution in [0.4, 0.5) is 17.1 Å². The molecule has 0 spiro atoms. The molecule has 0 bridgehead atoms. The van der Waals surface area contributed by atoms with Gasteiger partial charge in [0, 0.05) is 5.69 Å². The van der Waals surface area contributed by atoms with Crippen LogP contribution in [0, 0.1) is 6.92 Å². The van der Waals surface area contributed by atoms with Crippen molar-refractivity contribution in [1.82, 2.24) is 0 Å². The van der Waals surface area contributed by atoms with Crippen molar-refractivity contribution < 1.29 is 14.7 Å². The minimum atomic E-state index is -1.16. The average Bonchev–Trinajstić information content (AvgIpc) is 2.42. The molecule has 5 heteroatoms. The smallest absolute Gasteiger partial charge is 0.312 e. The fraction of sp³-hybridized carbons (Fsp3) is 0.125. The van der Waals surface area contributed by atoms with Crippen molar-refractivity contribution in [2.75, 3.05) is 10.6 Å². The summed E-state index contributed by atoms with van der Waals surface area (Å²) >= 11 is 0. The van der Waals surface area contributed by atoms with Crippen LogP contribution in [0.3, 0.4) is 0 Å². The third kappa shape index (κ3) is 4.35. The Labute approximate surface area is 122 Å². The van der Waals surface area contributed by atoms with E-state index in [4.69, 9.17) is 5.11 Å². The van der Waals surface area contributed by atoms with Crippen LogP contribution in [-0.4, -0.2) is 17.0 Å². The van der Waals surface area contributed by atoms with Crippen molar-refractivity contribution in [2.24, 2.45) is 0 Å². The maximum Gasteiger partial charge on any atom is 0.312 e. The highest BCUT2D eigenvalue weighted by Crippen LogP contribution is 2.26. The first-order chi connectivity index (χ1) is 10.0. The van der Waals surface area contributed by atoms with Gasteiger partial charge in [0.15, 0.2) is 0 Å². The van der Waals surface area contributed by atoms with Gasteiger partial charge in [-0.25, -0.2) is 0 Å². The maximum absolute atomic E-state index is 11.6. The second kappa shape index (κ2) is 6.56. The van der Waals surface area contributed by atoms with Crippen LogP contribution in [-0.2, 0) is 9.59 Å². The van der Waals surface area contributed by atoms with E-state index in [0.29, 0.717) is 5.69 Å². The zero-order chi connectivity index (χ0) is 15.2. The molecular weight excluding hydrogens is 268 g/mol. The Kier molecular flexibility index (Phi) is 4.56. The van der Waals surface area contributed by atoms with Crippen LogP contribution in [0.1, 0.15) is 12.0 Å². The first-order valence-electron chi connectivity index (χ1n) is 6.49. The zero-order valence-corrected chi connectivity index (χ0v) is 11.6. The van der Waals surface area contributed by atoms with E-state index in [1.54, 1.807) is 6.07 Å². The number of amides is 1. The number of aryl methyl sites for hydroxylation is 1. The molecule has 2 aromatic carbocycles. The van der Waals surface area contributed by atoms with Gasteiger partial charge in [0.05, 0.1) is 11.4 Å². The summed E-state index contributed by atoms with van der Waals surface area (Å²) in [7, 11) is 0. The molecule has 0 heterocycles. The predicted octanol–water partition coefficient (Wildman–Crippen LogP) is 3.15. The van der Waals surface area contributed by atoms with Crippen LogP contribution in [0.25, 0.3) is 0 Å². The lowest BCUT2D eigenvalue weighted by Gasteiger charge is -2.13. The number of carboxylic acids is 1. The predicted molar refractivity (Wildman–Crippen MR) is 81.8 cm³/mol. The fourth-order valence-corrected chi connectivity index (χ4v) is 1.88. The lowest BCUT2D eigenvalue weighted by atomic mass is 10.1. The topological polar surface area (TPSA) is 78.4 Å². The van der Waals surface area contributed by atoms with Crippen molar-refractivity contribution in [3.63, 3.8) is 0 Å². The molecule has 5 nitrogen and oxygen atoms in total. The molecule has 0 fully saturated rings. The summed E-state index contributed by atoms with van der Waals surface area (Å²) in [5.41, 5.74) is 3.19. The summed E-state index contributed by atoms with van der Waals surface area (Å²) in [5, 5.41) is 14.5. The number of hydrogen-bond donors (Lipinski definition) is 3. The zero-order valence-electron chi connectivity index (χ0n) is 11.6. The Balaban J connectivity index is 2.21. The summed E-state index contributed by atoms with van der Waals surface area (Å²) in [6.45, 7) is 1.94. The van der Waals surface area contributed by atoms with Gasteiger partial charge in [0.1, 0.15) is 6.42 Å². The number of anilines is 3. The highest BCUT2D eigenvalue weighted by molar-refractivity contribution is 6.03. The maximum atomic E-state index is 11.6. The number of carboxylic acid groups (broad SMARTS) is 1. The number of aliphatic carboxylic acids is 1. The van der Waals surface area contributed by atoms with E-state index in [1.165, 1.54) is 0 Å². The van der Waals surface area contributed by atoms with Crippen LogP contribution < -0.4 is 10.6 Å². The number of carbonyl (C=O) groups is 2. The van der Waals surface area contributed by atoms with Crippen LogP contribution >= 0.6 is 0 Å². The Morgan fingerprint density at radius 1 is 1.05 bits per heavy atom. The molecule has 0 saturated carbocycles. The number of rotatable bonds is 5. The molecule has 21 heavy (non-hydrogen) atoms. The van der Waals surface area contributed by atoms with Gasteiger partial charge in [-0.05, 0) is 36.8 Å². The van der Waals surface area contributed by atoms with Gasteiger partial charge in [-0.15, -0.1) is 0 Å². The molecule has 1 amide bonds. The van der Waals surface area contributed by atoms with Gasteiger partial charge in [-0.1, -0.05) is 24.3 Å². The average molecular weight is 284 g/mol. The summed E-state index contributed by atoms with van der Waals surface area (Å²) in [6, 6.07) is 15.0. The van der Waals surface area contributed by atoms with Gasteiger partial charge in [-0.2, -0.15) is 0 Å². The highest BCUT2D eigenvalue weighted by Gasteiger charge is 2.10. The quantitative estimate of drug-likeness (QED) is 0.737. The summed E-state index contributed by atoms with van der Waals surface area (Å²) < 4.78 is 0. The molecule has 2 aromatic rings. The van der Waals surface area contributed by atoms with E-state index in [9.17, 15) is 9.59 Å². The van der Waals surface area contributed by atoms with Crippen LogP contribution in [0.2, 0.25) is 0 Å². The van der Waals surface area contributed by atoms with E-state index in [-0.39, 0.29) is 0 Å². The Morgan fingerprint density at radius 2 is 1.76 bits per heavy atom. The van der Waals surface area contributed by atoms with Crippen molar-refractivity contribution in [3.05, 3.63) is 54.1 Å². The molecule has 0 atom stereocenters. The standard InChI is InChI=1S/C16H16N2O3/c1-11-7-8-13(18-15(19)10-16(20)21)14(9-11)17-12-5-3-2-4-6-12/h2-9,17H,10H2,1H3,(H,18,19)(H,20,21). The van der Waals surface area contributed by atoms with Gasteiger partial charge in [0.2, 0.25) is 5.91 Å². The lowest BCUT2D eigenvalue weighted by molar-refractivity contribution is -0.139. The van der Waals surface area contributed by atoms with Gasteiger partial charge < -0.3 is 15.7 Å². The molecule has 2 rings (SSSR count). The molecule has 0 aliphatic rings. The molecule has 0 aliphatic carbocycles. The Bertz CT molecular complexity index is 654. The minimum Gasteiger partial charge on any atom is -0.481 e. The van der Waals surface area contributed by atoms with Crippen LogP contribution in [0.5, 0.6) is 0 Å². The van der Waals surface area contributed by atoms with E-state index >= 15 is 0 Å². The van der Waals surface area contributed by atoms with E-state index in [0.717, 1.165) is 16.9 Å². The van der Waals surface area contributed by atoms with Crippen molar-refractivity contribution in [2.45, 2.75) is 13.3 Å². The molecule has 0 aromatic heterocycles. The normalized spacial score (nSPS) is 9.95. The van der Waals surface area contributed by atoms with Crippen molar-refractivity contribution in [1.29, 1.82) is 0 Å². The van der Waals surface area contributed by atoms with Crippen molar-refractivity contribution in [3.8, 4) is 0 Å². The molecule has 0 unspecified atom stereocenters. The molecule has 0 radical (unpaired) electrons. The van der Waals surface area contributed by atoms with Crippen molar-refractivity contribution >= 4 is 28.9 Å². The third-order valence-electron chi connectivity index (χ3n) is 2.81. The largest absolute Gasteiger partial charge is 0.481 e. The minimum absolute atomic E-state index is 0.552. The van der Waals surface area contributed by atoms with E-state index in [2.05, 4.69) is 10.6 Å². The molecule has 0 aliphatic heterocycles. The summed E-state index contributed by atoms with van der Waals surface area (Å²) in [5.74, 6) is -1.71. The SMILES string of the molecule is Cc1ccc(NC(=O)CC(=O)O)c(Nc2ccccc2)c1. The van der Waals surface area contributed by atoms with Gasteiger partial charge >= 0.3 is 5.97 Å². The number of para-hydroxylation sites is 1. The van der Waals surface area contributed by atoms with E-state index in [1.807, 2.05) is 49.4 Å². The molecule has 108 valence electrons. The first kappa shape index (κ1) is 14.6. The number of benzene rings is 2. The third-order valence-corrected chi connectivity index (χ3v) is 2.81. The summed E-state index contributed by atoms with van der Waals surface area (Å²) in [4.78, 5) is 22.1.